The van der Waals surface area contributed by atoms with Gasteiger partial charge in [0.2, 0.25) is 0 Å². The van der Waals surface area contributed by atoms with Gasteiger partial charge < -0.3 is 20.1 Å². The number of benzene rings is 2. The number of piperazine rings is 1. The van der Waals surface area contributed by atoms with Crippen LogP contribution in [-0.4, -0.2) is 44.0 Å². The topological polar surface area (TPSA) is 51.0 Å². The second-order valence-electron chi connectivity index (χ2n) is 7.74. The third-order valence-electron chi connectivity index (χ3n) is 5.63. The summed E-state index contributed by atoms with van der Waals surface area (Å²) in [5, 5.41) is 0. The van der Waals surface area contributed by atoms with Crippen LogP contribution >= 0.6 is 0 Å². The van der Waals surface area contributed by atoms with Crippen LogP contribution in [-0.2, 0) is 22.6 Å². The van der Waals surface area contributed by atoms with Gasteiger partial charge in [0.15, 0.2) is 6.29 Å². The van der Waals surface area contributed by atoms with Gasteiger partial charge in [-0.2, -0.15) is 0 Å². The molecule has 2 fully saturated rings. The molecule has 2 N–H and O–H groups in total. The molecule has 0 bridgehead atoms. The second kappa shape index (κ2) is 9.41. The average molecular weight is 382 g/mol. The van der Waals surface area contributed by atoms with E-state index in [1.165, 1.54) is 17.7 Å². The van der Waals surface area contributed by atoms with Gasteiger partial charge in [-0.05, 0) is 43.0 Å². The fraction of sp³-hybridized carbons (Fsp3) is 0.478. The van der Waals surface area contributed by atoms with Crippen molar-refractivity contribution in [3.63, 3.8) is 0 Å². The summed E-state index contributed by atoms with van der Waals surface area (Å²) in [4.78, 5) is 4.98. The first kappa shape index (κ1) is 19.2. The van der Waals surface area contributed by atoms with Crippen LogP contribution in [0.1, 0.15) is 30.4 Å². The van der Waals surface area contributed by atoms with Gasteiger partial charge >= 0.3 is 0 Å². The number of nitrogen functional groups attached to an aromatic ring is 1. The maximum Gasteiger partial charge on any atom is 0.158 e. The maximum atomic E-state index is 6.06. The molecule has 28 heavy (non-hydrogen) atoms. The molecule has 0 aliphatic carbocycles. The summed E-state index contributed by atoms with van der Waals surface area (Å²) in [5.41, 5.74) is 10.6. The highest BCUT2D eigenvalue weighted by atomic mass is 16.7. The van der Waals surface area contributed by atoms with Crippen LogP contribution in [0.15, 0.2) is 48.5 Å². The summed E-state index contributed by atoms with van der Waals surface area (Å²) < 4.78 is 11.8. The number of nitrogens with two attached hydrogens (primary N) is 1. The summed E-state index contributed by atoms with van der Waals surface area (Å²) in [5.74, 6) is 0. The van der Waals surface area contributed by atoms with E-state index in [1.807, 2.05) is 6.07 Å². The van der Waals surface area contributed by atoms with Gasteiger partial charge in [-0.15, -0.1) is 0 Å². The van der Waals surface area contributed by atoms with Crippen molar-refractivity contribution in [1.29, 1.82) is 0 Å². The predicted octanol–water partition coefficient (Wildman–Crippen LogP) is 3.63. The highest BCUT2D eigenvalue weighted by molar-refractivity contribution is 5.59. The van der Waals surface area contributed by atoms with Crippen LogP contribution < -0.4 is 10.6 Å². The molecular formula is C23H31N3O2. The fourth-order valence-corrected chi connectivity index (χ4v) is 4.04. The summed E-state index contributed by atoms with van der Waals surface area (Å²) in [6, 6.07) is 16.9. The lowest BCUT2D eigenvalue weighted by Crippen LogP contribution is -2.46. The highest BCUT2D eigenvalue weighted by Crippen LogP contribution is 2.27. The fourth-order valence-electron chi connectivity index (χ4n) is 4.04. The number of hydrogen-bond donors (Lipinski definition) is 1. The molecule has 5 nitrogen and oxygen atoms in total. The van der Waals surface area contributed by atoms with E-state index in [2.05, 4.69) is 52.3 Å². The lowest BCUT2D eigenvalue weighted by molar-refractivity contribution is -0.168. The summed E-state index contributed by atoms with van der Waals surface area (Å²) >= 11 is 0. The zero-order valence-corrected chi connectivity index (χ0v) is 16.6. The minimum absolute atomic E-state index is 0.0780. The van der Waals surface area contributed by atoms with E-state index in [1.54, 1.807) is 0 Å². The molecule has 1 atom stereocenters. The van der Waals surface area contributed by atoms with E-state index in [0.717, 1.165) is 63.4 Å². The van der Waals surface area contributed by atoms with Gasteiger partial charge in [-0.25, -0.2) is 0 Å². The van der Waals surface area contributed by atoms with Crippen molar-refractivity contribution in [3.8, 4) is 0 Å². The van der Waals surface area contributed by atoms with Gasteiger partial charge in [-0.1, -0.05) is 30.3 Å². The molecule has 1 unspecified atom stereocenters. The minimum Gasteiger partial charge on any atom is -0.399 e. The van der Waals surface area contributed by atoms with E-state index in [4.69, 9.17) is 15.2 Å². The van der Waals surface area contributed by atoms with Crippen LogP contribution in [0.25, 0.3) is 0 Å². The summed E-state index contributed by atoms with van der Waals surface area (Å²) in [6.07, 6.45) is 3.22. The Balaban J connectivity index is 1.36. The second-order valence-corrected chi connectivity index (χ2v) is 7.74. The van der Waals surface area contributed by atoms with Gasteiger partial charge in [-0.3, -0.25) is 4.90 Å². The molecule has 5 heteroatoms. The van der Waals surface area contributed by atoms with Crippen LogP contribution in [0.2, 0.25) is 0 Å². The molecule has 2 aliphatic rings. The van der Waals surface area contributed by atoms with Crippen molar-refractivity contribution in [1.82, 2.24) is 4.90 Å². The number of anilines is 2. The molecule has 0 radical (unpaired) electrons. The molecular weight excluding hydrogens is 350 g/mol. The van der Waals surface area contributed by atoms with Gasteiger partial charge in [0.05, 0.1) is 6.61 Å². The third-order valence-corrected chi connectivity index (χ3v) is 5.63. The van der Waals surface area contributed by atoms with Crippen LogP contribution in [0, 0.1) is 0 Å². The van der Waals surface area contributed by atoms with E-state index >= 15 is 0 Å². The van der Waals surface area contributed by atoms with Gasteiger partial charge in [0.25, 0.3) is 0 Å². The molecule has 150 valence electrons. The van der Waals surface area contributed by atoms with Crippen molar-refractivity contribution in [2.75, 3.05) is 43.4 Å². The molecule has 2 aliphatic heterocycles. The van der Waals surface area contributed by atoms with E-state index in [-0.39, 0.29) is 6.29 Å². The SMILES string of the molecule is Nc1ccc(N2CCN(Cc3ccccc3)CC2)c(COC2CCCCO2)c1. The molecule has 0 spiro atoms. The Bertz CT molecular complexity index is 739. The molecule has 0 amide bonds. The van der Waals surface area contributed by atoms with Crippen LogP contribution in [0.4, 0.5) is 11.4 Å². The number of rotatable bonds is 6. The monoisotopic (exact) mass is 381 g/mol. The maximum absolute atomic E-state index is 6.06. The van der Waals surface area contributed by atoms with Crippen molar-refractivity contribution in [2.24, 2.45) is 0 Å². The molecule has 2 saturated heterocycles. The van der Waals surface area contributed by atoms with Crippen molar-refractivity contribution >= 4 is 11.4 Å². The minimum atomic E-state index is -0.0780. The van der Waals surface area contributed by atoms with Gasteiger partial charge in [0, 0.05) is 56.3 Å². The van der Waals surface area contributed by atoms with Gasteiger partial charge in [0.1, 0.15) is 0 Å². The Labute approximate surface area is 168 Å². The first-order chi connectivity index (χ1) is 13.8. The van der Waals surface area contributed by atoms with E-state index in [9.17, 15) is 0 Å². The highest BCUT2D eigenvalue weighted by Gasteiger charge is 2.21. The Hall–Kier alpha value is -2.08. The number of nitrogens with zero attached hydrogens (tertiary/aromatic N) is 2. The van der Waals surface area contributed by atoms with E-state index < -0.39 is 0 Å². The third kappa shape index (κ3) is 5.04. The lowest BCUT2D eigenvalue weighted by Gasteiger charge is -2.37. The predicted molar refractivity (Wildman–Crippen MR) is 113 cm³/mol. The molecule has 4 rings (SSSR count). The standard InChI is InChI=1S/C23H31N3O2/c24-21-9-10-22(20(16-21)18-28-23-8-4-5-15-27-23)26-13-11-25(12-14-26)17-19-6-2-1-3-7-19/h1-3,6-7,9-10,16,23H,4-5,8,11-15,17-18,24H2. The zero-order valence-electron chi connectivity index (χ0n) is 16.6. The normalized spacial score (nSPS) is 21.0. The lowest BCUT2D eigenvalue weighted by atomic mass is 10.1. The smallest absolute Gasteiger partial charge is 0.158 e. The molecule has 2 heterocycles. The first-order valence-electron chi connectivity index (χ1n) is 10.4. The number of hydrogen-bond acceptors (Lipinski definition) is 5. The quantitative estimate of drug-likeness (QED) is 0.775. The zero-order chi connectivity index (χ0) is 19.2. The van der Waals surface area contributed by atoms with Crippen LogP contribution in [0.5, 0.6) is 0 Å². The van der Waals surface area contributed by atoms with Crippen molar-refractivity contribution in [3.05, 3.63) is 59.7 Å². The molecule has 0 aromatic heterocycles. The summed E-state index contributed by atoms with van der Waals surface area (Å²) in [7, 11) is 0. The molecule has 2 aromatic carbocycles. The van der Waals surface area contributed by atoms with Crippen LogP contribution in [0.3, 0.4) is 0 Å². The Morgan fingerprint density at radius 2 is 1.82 bits per heavy atom. The number of ether oxygens (including phenoxy) is 2. The summed E-state index contributed by atoms with van der Waals surface area (Å²) in [6.45, 7) is 6.53. The van der Waals surface area contributed by atoms with Crippen molar-refractivity contribution in [2.45, 2.75) is 38.7 Å². The largest absolute Gasteiger partial charge is 0.399 e. The first-order valence-corrected chi connectivity index (χ1v) is 10.4. The van der Waals surface area contributed by atoms with Crippen molar-refractivity contribution < 1.29 is 9.47 Å². The average Bonchev–Trinajstić information content (AvgIpc) is 2.75. The Kier molecular flexibility index (Phi) is 6.47. The Morgan fingerprint density at radius 1 is 1.00 bits per heavy atom. The molecule has 2 aromatic rings. The molecule has 0 saturated carbocycles. The Morgan fingerprint density at radius 3 is 2.57 bits per heavy atom. The van der Waals surface area contributed by atoms with E-state index in [0.29, 0.717) is 6.61 Å².